The van der Waals surface area contributed by atoms with Gasteiger partial charge in [0.1, 0.15) is 42.3 Å². The van der Waals surface area contributed by atoms with Gasteiger partial charge in [0.15, 0.2) is 5.96 Å². The number of amides is 9. The van der Waals surface area contributed by atoms with Crippen molar-refractivity contribution in [2.24, 2.45) is 39.8 Å². The highest BCUT2D eigenvalue weighted by atomic mass is 32.1. The Morgan fingerprint density at radius 2 is 1.02 bits per heavy atom. The Balaban J connectivity index is 3.03. The van der Waals surface area contributed by atoms with E-state index in [-0.39, 0.29) is 67.9 Å². The van der Waals surface area contributed by atoms with Gasteiger partial charge in [0, 0.05) is 24.5 Å². The van der Waals surface area contributed by atoms with Gasteiger partial charge < -0.3 is 65.5 Å². The second kappa shape index (κ2) is 29.8. The molecule has 0 saturated heterocycles. The molecule has 0 radical (unpaired) electrons. The molecule has 0 heterocycles. The molecule has 0 saturated carbocycles. The molecule has 0 fully saturated rings. The molecule has 22 nitrogen and oxygen atoms in total. The summed E-state index contributed by atoms with van der Waals surface area (Å²) in [6.45, 7) is 9.62. The summed E-state index contributed by atoms with van der Waals surface area (Å²) < 4.78 is 0. The lowest BCUT2D eigenvalue weighted by Gasteiger charge is -2.27. The number of carbonyl (C=O) groups is 9. The molecule has 1 rings (SSSR count). The van der Waals surface area contributed by atoms with Crippen LogP contribution in [0.3, 0.4) is 0 Å². The topological polar surface area (TPSA) is 366 Å². The van der Waals surface area contributed by atoms with Gasteiger partial charge in [0.2, 0.25) is 53.2 Å². The molecule has 0 aliphatic heterocycles. The first kappa shape index (κ1) is 57.4. The number of guanidine groups is 1. The quantitative estimate of drug-likeness (QED) is 0.0162. The Morgan fingerprint density at radius 3 is 1.49 bits per heavy atom. The molecule has 9 amide bonds. The number of carbonyl (C=O) groups excluding carboxylic acids is 9. The van der Waals surface area contributed by atoms with Crippen LogP contribution in [0.25, 0.3) is 0 Å². The van der Waals surface area contributed by atoms with Crippen LogP contribution in [0.15, 0.2) is 35.3 Å². The Bertz CT molecular complexity index is 1800. The highest BCUT2D eigenvalue weighted by molar-refractivity contribution is 7.80. The lowest BCUT2D eigenvalue weighted by Crippen LogP contribution is -2.59. The molecular weight excluding hydrogens is 883 g/mol. The van der Waals surface area contributed by atoms with Crippen LogP contribution in [0.5, 0.6) is 0 Å². The van der Waals surface area contributed by atoms with Crippen LogP contribution >= 0.6 is 25.3 Å². The average molecular weight is 952 g/mol. The molecule has 24 heteroatoms. The molecule has 0 aromatic heterocycles. The predicted molar refractivity (Wildman–Crippen MR) is 252 cm³/mol. The number of hydrogen-bond donors (Lipinski definition) is 14. The smallest absolute Gasteiger partial charge is 0.244 e. The number of nitrogens with one attached hydrogen (secondary N) is 8. The van der Waals surface area contributed by atoms with Gasteiger partial charge in [0.05, 0.1) is 12.6 Å². The molecule has 0 unspecified atom stereocenters. The minimum Gasteiger partial charge on any atom is -0.370 e. The predicted octanol–water partition coefficient (Wildman–Crippen LogP) is -3.40. The van der Waals surface area contributed by atoms with E-state index in [1.54, 1.807) is 30.3 Å². The Kier molecular flexibility index (Phi) is 26.3. The summed E-state index contributed by atoms with van der Waals surface area (Å²) in [6.07, 6.45) is 0.712. The van der Waals surface area contributed by atoms with E-state index in [9.17, 15) is 43.2 Å². The monoisotopic (exact) mass is 951 g/mol. The summed E-state index contributed by atoms with van der Waals surface area (Å²) in [5.74, 6) is -7.26. The summed E-state index contributed by atoms with van der Waals surface area (Å²) in [7, 11) is 0. The van der Waals surface area contributed by atoms with Gasteiger partial charge in [-0.15, -0.1) is 0 Å². The largest absolute Gasteiger partial charge is 0.370 e. The maximum absolute atomic E-state index is 13.7. The second-order valence-corrected chi connectivity index (χ2v) is 17.1. The average Bonchev–Trinajstić information content (AvgIpc) is 3.23. The van der Waals surface area contributed by atoms with Gasteiger partial charge in [-0.05, 0) is 56.9 Å². The van der Waals surface area contributed by atoms with Crippen molar-refractivity contribution < 1.29 is 43.2 Å². The molecular formula is C41H69N13O9S2. The van der Waals surface area contributed by atoms with Crippen LogP contribution in [0.4, 0.5) is 0 Å². The van der Waals surface area contributed by atoms with Crippen molar-refractivity contribution in [3.05, 3.63) is 35.9 Å². The summed E-state index contributed by atoms with van der Waals surface area (Å²) in [6, 6.07) is -0.194. The van der Waals surface area contributed by atoms with E-state index in [0.717, 1.165) is 5.56 Å². The zero-order valence-electron chi connectivity index (χ0n) is 37.8. The van der Waals surface area contributed by atoms with E-state index in [0.29, 0.717) is 0 Å². The fourth-order valence-corrected chi connectivity index (χ4v) is 6.49. The Hall–Kier alpha value is -5.62. The zero-order chi connectivity index (χ0) is 49.4. The third kappa shape index (κ3) is 22.7. The Morgan fingerprint density at radius 1 is 0.569 bits per heavy atom. The van der Waals surface area contributed by atoms with Gasteiger partial charge in [-0.1, -0.05) is 58.0 Å². The number of nitrogens with zero attached hydrogens (tertiary/aromatic N) is 1. The first-order valence-electron chi connectivity index (χ1n) is 21.2. The van der Waals surface area contributed by atoms with E-state index in [2.05, 4.69) is 72.8 Å². The number of benzene rings is 1. The fraction of sp³-hybridized carbons (Fsp3) is 0.610. The molecule has 0 bridgehead atoms. The molecule has 16 N–H and O–H groups in total. The van der Waals surface area contributed by atoms with Crippen LogP contribution in [-0.4, -0.2) is 132 Å². The molecule has 0 aliphatic carbocycles. The highest BCUT2D eigenvalue weighted by Crippen LogP contribution is 2.10. The lowest BCUT2D eigenvalue weighted by molar-refractivity contribution is -0.135. The summed E-state index contributed by atoms with van der Waals surface area (Å²) in [4.78, 5) is 121. The molecule has 65 heavy (non-hydrogen) atoms. The van der Waals surface area contributed by atoms with E-state index >= 15 is 0 Å². The van der Waals surface area contributed by atoms with Crippen molar-refractivity contribution in [3.8, 4) is 0 Å². The number of aliphatic imine (C=N–C) groups is 1. The maximum atomic E-state index is 13.7. The minimum absolute atomic E-state index is 0.00172. The van der Waals surface area contributed by atoms with E-state index in [1.165, 1.54) is 13.8 Å². The molecule has 0 spiro atoms. The first-order valence-corrected chi connectivity index (χ1v) is 22.5. The summed E-state index contributed by atoms with van der Waals surface area (Å²) in [5.41, 5.74) is 22.8. The number of hydrogen-bond acceptors (Lipinski definition) is 13. The number of rotatable bonds is 29. The van der Waals surface area contributed by atoms with Crippen molar-refractivity contribution >= 4 is 84.4 Å². The van der Waals surface area contributed by atoms with Crippen LogP contribution in [0.1, 0.15) is 72.8 Å². The molecule has 1 aromatic carbocycles. The third-order valence-electron chi connectivity index (χ3n) is 9.44. The van der Waals surface area contributed by atoms with Crippen LogP contribution in [-0.2, 0) is 49.6 Å². The standard InChI is InChI=1S/C41H69N13O9S2/c1-21(2)15-28(51-34(57)23(5)42)39(62)53-30(19-64)36(59)47-18-32(55)48-24(6)35(58)49-26(13-10-14-46-41(44)45)37(60)54-31(20-65)40(63)52-29(16-22(3)4)38(61)50-27(33(43)56)17-25-11-8-7-9-12-25/h7-9,11-12,21-24,26-31,64-65H,10,13-20,42H2,1-6H3,(H2,43,56)(H,47,59)(H,48,55)(H,49,58)(H,50,61)(H,51,57)(H,52,63)(H,53,62)(H,54,60)(H4,44,45,46)/t23-,24-,26-,27-,28-,29-,30-,31-/m0/s1. The van der Waals surface area contributed by atoms with Crippen molar-refractivity contribution in [2.45, 2.75) is 122 Å². The molecule has 364 valence electrons. The van der Waals surface area contributed by atoms with Crippen LogP contribution < -0.4 is 65.5 Å². The Labute approximate surface area is 391 Å². The first-order chi connectivity index (χ1) is 30.5. The molecule has 1 aromatic rings. The van der Waals surface area contributed by atoms with Crippen molar-refractivity contribution in [2.75, 3.05) is 24.6 Å². The maximum Gasteiger partial charge on any atom is 0.244 e. The summed E-state index contributed by atoms with van der Waals surface area (Å²) >= 11 is 8.39. The van der Waals surface area contributed by atoms with Crippen molar-refractivity contribution in [3.63, 3.8) is 0 Å². The summed E-state index contributed by atoms with van der Waals surface area (Å²) in [5, 5.41) is 20.2. The number of thiol groups is 2. The minimum atomic E-state index is -1.30. The van der Waals surface area contributed by atoms with Gasteiger partial charge in [-0.2, -0.15) is 25.3 Å². The lowest BCUT2D eigenvalue weighted by atomic mass is 10.0. The van der Waals surface area contributed by atoms with Gasteiger partial charge >= 0.3 is 0 Å². The molecule has 8 atom stereocenters. The normalized spacial score (nSPS) is 14.7. The van der Waals surface area contributed by atoms with Gasteiger partial charge in [0.25, 0.3) is 0 Å². The van der Waals surface area contributed by atoms with Gasteiger partial charge in [-0.3, -0.25) is 48.1 Å². The van der Waals surface area contributed by atoms with Crippen molar-refractivity contribution in [1.82, 2.24) is 42.5 Å². The SMILES string of the molecule is CC(C)C[C@H](NC(=O)[C@H](C)N)C(=O)N[C@@H](CS)C(=O)NCC(=O)N[C@@H](C)C(=O)N[C@@H](CCCN=C(N)N)C(=O)N[C@@H](CS)C(=O)N[C@@H](CC(C)C)C(=O)N[C@@H](Cc1ccccc1)C(N)=O. The van der Waals surface area contributed by atoms with Crippen LogP contribution in [0, 0.1) is 11.8 Å². The van der Waals surface area contributed by atoms with E-state index in [1.807, 2.05) is 27.7 Å². The number of nitrogens with two attached hydrogens (primary N) is 4. The van der Waals surface area contributed by atoms with Gasteiger partial charge in [-0.25, -0.2) is 0 Å². The van der Waals surface area contributed by atoms with E-state index < -0.39 is 108 Å². The highest BCUT2D eigenvalue weighted by Gasteiger charge is 2.32. The van der Waals surface area contributed by atoms with Crippen molar-refractivity contribution in [1.29, 1.82) is 0 Å². The zero-order valence-corrected chi connectivity index (χ0v) is 39.6. The number of primary amides is 1. The third-order valence-corrected chi connectivity index (χ3v) is 10.2. The second-order valence-electron chi connectivity index (χ2n) is 16.3. The van der Waals surface area contributed by atoms with E-state index in [4.69, 9.17) is 22.9 Å². The molecule has 0 aliphatic rings. The fourth-order valence-electron chi connectivity index (χ4n) is 5.98. The van der Waals surface area contributed by atoms with Crippen LogP contribution in [0.2, 0.25) is 0 Å².